The Bertz CT molecular complexity index is 381. The maximum absolute atomic E-state index is 9.72. The quantitative estimate of drug-likeness (QED) is 0.872. The van der Waals surface area contributed by atoms with Gasteiger partial charge in [0.1, 0.15) is 18.0 Å². The fraction of sp³-hybridized carbons (Fsp3) is 0.692. The van der Waals surface area contributed by atoms with E-state index in [2.05, 4.69) is 33.6 Å². The topological polar surface area (TPSA) is 52.5 Å². The first-order valence-electron chi connectivity index (χ1n) is 6.74. The second-order valence-corrected chi connectivity index (χ2v) is 4.65. The molecule has 5 heteroatoms. The van der Waals surface area contributed by atoms with Gasteiger partial charge in [0.2, 0.25) is 0 Å². The van der Waals surface area contributed by atoms with Crippen molar-refractivity contribution in [2.75, 3.05) is 36.0 Å². The second kappa shape index (κ2) is 6.00. The van der Waals surface area contributed by atoms with Crippen molar-refractivity contribution < 1.29 is 5.11 Å². The van der Waals surface area contributed by atoms with Gasteiger partial charge in [-0.05, 0) is 26.7 Å². The first-order chi connectivity index (χ1) is 8.74. The van der Waals surface area contributed by atoms with Crippen LogP contribution in [0.2, 0.25) is 0 Å². The summed E-state index contributed by atoms with van der Waals surface area (Å²) in [7, 11) is 0. The van der Waals surface area contributed by atoms with Crippen LogP contribution in [0.1, 0.15) is 26.7 Å². The van der Waals surface area contributed by atoms with E-state index in [-0.39, 0.29) is 6.10 Å². The Hall–Kier alpha value is -1.36. The van der Waals surface area contributed by atoms with Crippen LogP contribution in [0.4, 0.5) is 11.6 Å². The number of nitrogens with zero attached hydrogens (tertiary/aromatic N) is 4. The van der Waals surface area contributed by atoms with Gasteiger partial charge < -0.3 is 14.9 Å². The Morgan fingerprint density at radius 2 is 2.17 bits per heavy atom. The van der Waals surface area contributed by atoms with Gasteiger partial charge in [0.25, 0.3) is 0 Å². The van der Waals surface area contributed by atoms with Gasteiger partial charge in [0, 0.05) is 32.2 Å². The summed E-state index contributed by atoms with van der Waals surface area (Å²) >= 11 is 0. The van der Waals surface area contributed by atoms with E-state index in [4.69, 9.17) is 0 Å². The summed E-state index contributed by atoms with van der Waals surface area (Å²) in [6, 6.07) is 2.02. The van der Waals surface area contributed by atoms with Crippen LogP contribution in [-0.2, 0) is 0 Å². The molecule has 0 spiro atoms. The summed E-state index contributed by atoms with van der Waals surface area (Å²) in [6.45, 7) is 7.76. The summed E-state index contributed by atoms with van der Waals surface area (Å²) in [6.07, 6.45) is 3.30. The standard InChI is InChI=1S/C13H22N4O/c1-3-16(4-2)12-8-13(15-10-14-12)17-7-5-6-11(18)9-17/h8,10-11,18H,3-7,9H2,1-2H3/t11-/m0/s1. The summed E-state index contributed by atoms with van der Waals surface area (Å²) in [5.41, 5.74) is 0. The monoisotopic (exact) mass is 250 g/mol. The van der Waals surface area contributed by atoms with Crippen LogP contribution in [0.3, 0.4) is 0 Å². The number of rotatable bonds is 4. The molecule has 2 heterocycles. The fourth-order valence-corrected chi connectivity index (χ4v) is 2.39. The van der Waals surface area contributed by atoms with Crippen LogP contribution in [-0.4, -0.2) is 47.4 Å². The largest absolute Gasteiger partial charge is 0.391 e. The zero-order valence-electron chi connectivity index (χ0n) is 11.2. The Kier molecular flexibility index (Phi) is 4.36. The molecular formula is C13H22N4O. The molecule has 1 atom stereocenters. The molecule has 1 fully saturated rings. The molecule has 0 aliphatic carbocycles. The van der Waals surface area contributed by atoms with E-state index in [1.165, 1.54) is 0 Å². The highest BCUT2D eigenvalue weighted by Crippen LogP contribution is 2.21. The SMILES string of the molecule is CCN(CC)c1cc(N2CCC[C@H](O)C2)ncn1. The number of aliphatic hydroxyl groups is 1. The van der Waals surface area contributed by atoms with Gasteiger partial charge in [0.05, 0.1) is 6.10 Å². The molecule has 0 amide bonds. The van der Waals surface area contributed by atoms with Gasteiger partial charge in [-0.1, -0.05) is 0 Å². The smallest absolute Gasteiger partial charge is 0.134 e. The van der Waals surface area contributed by atoms with E-state index >= 15 is 0 Å². The van der Waals surface area contributed by atoms with Gasteiger partial charge in [-0.15, -0.1) is 0 Å². The third kappa shape index (κ3) is 2.90. The lowest BCUT2D eigenvalue weighted by Gasteiger charge is -2.31. The summed E-state index contributed by atoms with van der Waals surface area (Å²) in [4.78, 5) is 13.0. The normalized spacial score (nSPS) is 19.9. The van der Waals surface area contributed by atoms with Crippen LogP contribution in [0.15, 0.2) is 12.4 Å². The number of piperidine rings is 1. The minimum atomic E-state index is -0.231. The third-order valence-electron chi connectivity index (χ3n) is 3.45. The van der Waals surface area contributed by atoms with Gasteiger partial charge in [-0.25, -0.2) is 9.97 Å². The second-order valence-electron chi connectivity index (χ2n) is 4.65. The molecule has 2 rings (SSSR count). The van der Waals surface area contributed by atoms with Crippen molar-refractivity contribution in [2.24, 2.45) is 0 Å². The maximum Gasteiger partial charge on any atom is 0.134 e. The summed E-state index contributed by atoms with van der Waals surface area (Å²) < 4.78 is 0. The number of hydrogen-bond acceptors (Lipinski definition) is 5. The molecule has 0 unspecified atom stereocenters. The lowest BCUT2D eigenvalue weighted by molar-refractivity contribution is 0.154. The molecule has 0 bridgehead atoms. The highest BCUT2D eigenvalue weighted by molar-refractivity contribution is 5.50. The molecule has 1 aromatic heterocycles. The molecule has 100 valence electrons. The molecule has 1 saturated heterocycles. The predicted octanol–water partition coefficient (Wildman–Crippen LogP) is 1.28. The number of aromatic nitrogens is 2. The van der Waals surface area contributed by atoms with Crippen LogP contribution in [0.25, 0.3) is 0 Å². The fourth-order valence-electron chi connectivity index (χ4n) is 2.39. The number of hydrogen-bond donors (Lipinski definition) is 1. The van der Waals surface area contributed by atoms with Crippen molar-refractivity contribution >= 4 is 11.6 Å². The molecule has 0 radical (unpaired) electrons. The molecule has 1 aliphatic rings. The maximum atomic E-state index is 9.72. The molecule has 18 heavy (non-hydrogen) atoms. The van der Waals surface area contributed by atoms with E-state index in [0.717, 1.165) is 44.1 Å². The van der Waals surface area contributed by atoms with Crippen molar-refractivity contribution in [3.05, 3.63) is 12.4 Å². The Morgan fingerprint density at radius 1 is 1.39 bits per heavy atom. The van der Waals surface area contributed by atoms with Crippen molar-refractivity contribution in [2.45, 2.75) is 32.8 Å². The first kappa shape index (κ1) is 13.1. The van der Waals surface area contributed by atoms with Gasteiger partial charge >= 0.3 is 0 Å². The van der Waals surface area contributed by atoms with E-state index in [9.17, 15) is 5.11 Å². The number of aliphatic hydroxyl groups excluding tert-OH is 1. The number of anilines is 2. The van der Waals surface area contributed by atoms with Crippen molar-refractivity contribution in [3.8, 4) is 0 Å². The van der Waals surface area contributed by atoms with Crippen LogP contribution >= 0.6 is 0 Å². The minimum absolute atomic E-state index is 0.231. The van der Waals surface area contributed by atoms with Crippen LogP contribution in [0.5, 0.6) is 0 Å². The third-order valence-corrected chi connectivity index (χ3v) is 3.45. The Labute approximate surface area is 108 Å². The average Bonchev–Trinajstić information content (AvgIpc) is 2.41. The zero-order chi connectivity index (χ0) is 13.0. The van der Waals surface area contributed by atoms with Crippen LogP contribution < -0.4 is 9.80 Å². The van der Waals surface area contributed by atoms with E-state index < -0.39 is 0 Å². The van der Waals surface area contributed by atoms with Crippen molar-refractivity contribution in [1.29, 1.82) is 0 Å². The molecule has 0 saturated carbocycles. The highest BCUT2D eigenvalue weighted by atomic mass is 16.3. The van der Waals surface area contributed by atoms with Crippen molar-refractivity contribution in [1.82, 2.24) is 9.97 Å². The summed E-state index contributed by atoms with van der Waals surface area (Å²) in [5, 5.41) is 9.72. The molecule has 5 nitrogen and oxygen atoms in total. The predicted molar refractivity (Wildman–Crippen MR) is 73.0 cm³/mol. The van der Waals surface area contributed by atoms with E-state index in [1.807, 2.05) is 6.07 Å². The van der Waals surface area contributed by atoms with Gasteiger partial charge in [-0.2, -0.15) is 0 Å². The average molecular weight is 250 g/mol. The minimum Gasteiger partial charge on any atom is -0.391 e. The van der Waals surface area contributed by atoms with Crippen molar-refractivity contribution in [3.63, 3.8) is 0 Å². The lowest BCUT2D eigenvalue weighted by Crippen LogP contribution is -2.38. The first-order valence-corrected chi connectivity index (χ1v) is 6.74. The molecular weight excluding hydrogens is 228 g/mol. The molecule has 1 N–H and O–H groups in total. The highest BCUT2D eigenvalue weighted by Gasteiger charge is 2.19. The lowest BCUT2D eigenvalue weighted by atomic mass is 10.1. The Morgan fingerprint density at radius 3 is 2.83 bits per heavy atom. The molecule has 1 aromatic rings. The number of β-amino-alcohol motifs (C(OH)–C–C–N with tert-alkyl or cyclic N) is 1. The van der Waals surface area contributed by atoms with E-state index in [0.29, 0.717) is 6.54 Å². The van der Waals surface area contributed by atoms with Crippen LogP contribution in [0, 0.1) is 0 Å². The van der Waals surface area contributed by atoms with Gasteiger partial charge in [-0.3, -0.25) is 0 Å². The molecule has 1 aliphatic heterocycles. The molecule has 0 aromatic carbocycles. The zero-order valence-corrected chi connectivity index (χ0v) is 11.2. The Balaban J connectivity index is 2.15. The van der Waals surface area contributed by atoms with E-state index in [1.54, 1.807) is 6.33 Å². The summed E-state index contributed by atoms with van der Waals surface area (Å²) in [5.74, 6) is 1.88. The van der Waals surface area contributed by atoms with Gasteiger partial charge in [0.15, 0.2) is 0 Å².